The molecule has 1 heterocycles. The third kappa shape index (κ3) is 2.76. The lowest BCUT2D eigenvalue weighted by atomic mass is 10.1. The molecule has 0 radical (unpaired) electrons. The van der Waals surface area contributed by atoms with Gasteiger partial charge in [-0.15, -0.1) is 0 Å². The summed E-state index contributed by atoms with van der Waals surface area (Å²) in [6, 6.07) is 12.0. The normalized spacial score (nSPS) is 12.7. The van der Waals surface area contributed by atoms with Crippen molar-refractivity contribution in [2.45, 2.75) is 6.61 Å². The standard InChI is InChI=1S/C16H13FO2/c17-14-6-3-12(4-7-14)11-19-15-8-5-13-2-1-9-18-16(13)10-15/h1-8,10H,9,11H2. The smallest absolute Gasteiger partial charge is 0.130 e. The Kier molecular flexibility index (Phi) is 3.19. The van der Waals surface area contributed by atoms with Crippen molar-refractivity contribution in [2.75, 3.05) is 6.61 Å². The van der Waals surface area contributed by atoms with Crippen molar-refractivity contribution in [2.24, 2.45) is 0 Å². The number of hydrogen-bond donors (Lipinski definition) is 0. The van der Waals surface area contributed by atoms with E-state index in [1.807, 2.05) is 30.4 Å². The summed E-state index contributed by atoms with van der Waals surface area (Å²) in [5, 5.41) is 0. The maximum atomic E-state index is 12.8. The molecule has 0 saturated heterocycles. The van der Waals surface area contributed by atoms with Crippen molar-refractivity contribution in [3.05, 3.63) is 65.5 Å². The monoisotopic (exact) mass is 256 g/mol. The van der Waals surface area contributed by atoms with Crippen LogP contribution in [0.2, 0.25) is 0 Å². The average Bonchev–Trinajstić information content (AvgIpc) is 2.46. The van der Waals surface area contributed by atoms with Gasteiger partial charge in [-0.25, -0.2) is 4.39 Å². The second kappa shape index (κ2) is 5.14. The number of hydrogen-bond acceptors (Lipinski definition) is 2. The van der Waals surface area contributed by atoms with Gasteiger partial charge in [-0.1, -0.05) is 18.2 Å². The zero-order valence-electron chi connectivity index (χ0n) is 10.3. The molecular formula is C16H13FO2. The van der Waals surface area contributed by atoms with E-state index in [4.69, 9.17) is 9.47 Å². The highest BCUT2D eigenvalue weighted by atomic mass is 19.1. The summed E-state index contributed by atoms with van der Waals surface area (Å²) in [5.41, 5.74) is 1.99. The Morgan fingerprint density at radius 3 is 2.79 bits per heavy atom. The van der Waals surface area contributed by atoms with Crippen molar-refractivity contribution in [3.8, 4) is 11.5 Å². The predicted octanol–water partition coefficient (Wildman–Crippen LogP) is 3.81. The average molecular weight is 256 g/mol. The largest absolute Gasteiger partial charge is 0.489 e. The molecule has 0 saturated carbocycles. The topological polar surface area (TPSA) is 18.5 Å². The molecule has 0 N–H and O–H groups in total. The Morgan fingerprint density at radius 1 is 1.11 bits per heavy atom. The molecule has 2 aromatic rings. The fourth-order valence-corrected chi connectivity index (χ4v) is 1.93. The molecule has 0 aliphatic carbocycles. The summed E-state index contributed by atoms with van der Waals surface area (Å²) >= 11 is 0. The van der Waals surface area contributed by atoms with Gasteiger partial charge < -0.3 is 9.47 Å². The highest BCUT2D eigenvalue weighted by molar-refractivity contribution is 5.60. The minimum Gasteiger partial charge on any atom is -0.489 e. The zero-order valence-corrected chi connectivity index (χ0v) is 10.3. The van der Waals surface area contributed by atoms with Gasteiger partial charge in [-0.2, -0.15) is 0 Å². The molecule has 0 unspecified atom stereocenters. The summed E-state index contributed by atoms with van der Waals surface area (Å²) < 4.78 is 24.0. The fourth-order valence-electron chi connectivity index (χ4n) is 1.93. The summed E-state index contributed by atoms with van der Waals surface area (Å²) in [5.74, 6) is 1.34. The summed E-state index contributed by atoms with van der Waals surface area (Å²) in [6.07, 6.45) is 4.00. The Balaban J connectivity index is 1.70. The lowest BCUT2D eigenvalue weighted by Crippen LogP contribution is -2.01. The minimum atomic E-state index is -0.238. The molecule has 0 aromatic heterocycles. The number of benzene rings is 2. The third-order valence-electron chi connectivity index (χ3n) is 2.94. The second-order valence-corrected chi connectivity index (χ2v) is 4.33. The molecule has 19 heavy (non-hydrogen) atoms. The first kappa shape index (κ1) is 11.8. The van der Waals surface area contributed by atoms with Crippen LogP contribution in [-0.4, -0.2) is 6.61 Å². The highest BCUT2D eigenvalue weighted by Gasteiger charge is 2.07. The van der Waals surface area contributed by atoms with Gasteiger partial charge in [0.25, 0.3) is 0 Å². The van der Waals surface area contributed by atoms with E-state index in [1.165, 1.54) is 12.1 Å². The lowest BCUT2D eigenvalue weighted by Gasteiger charge is -2.14. The van der Waals surface area contributed by atoms with E-state index >= 15 is 0 Å². The number of fused-ring (bicyclic) bond motifs is 1. The van der Waals surface area contributed by atoms with Crippen LogP contribution in [0.15, 0.2) is 48.5 Å². The Morgan fingerprint density at radius 2 is 1.95 bits per heavy atom. The quantitative estimate of drug-likeness (QED) is 0.831. The SMILES string of the molecule is Fc1ccc(COc2ccc3c(c2)OCC=C3)cc1. The molecule has 0 bridgehead atoms. The van der Waals surface area contributed by atoms with Crippen molar-refractivity contribution in [1.82, 2.24) is 0 Å². The molecule has 2 aromatic carbocycles. The molecule has 0 fully saturated rings. The van der Waals surface area contributed by atoms with Crippen LogP contribution in [0.1, 0.15) is 11.1 Å². The van der Waals surface area contributed by atoms with Crippen LogP contribution in [0, 0.1) is 5.82 Å². The molecule has 0 spiro atoms. The molecule has 96 valence electrons. The molecule has 3 heteroatoms. The third-order valence-corrected chi connectivity index (χ3v) is 2.94. The van der Waals surface area contributed by atoms with E-state index in [-0.39, 0.29) is 5.82 Å². The van der Waals surface area contributed by atoms with Gasteiger partial charge >= 0.3 is 0 Å². The highest BCUT2D eigenvalue weighted by Crippen LogP contribution is 2.28. The molecule has 0 atom stereocenters. The zero-order chi connectivity index (χ0) is 13.1. The molecule has 3 rings (SSSR count). The van der Waals surface area contributed by atoms with Crippen molar-refractivity contribution in [3.63, 3.8) is 0 Å². The Hall–Kier alpha value is -2.29. The summed E-state index contributed by atoms with van der Waals surface area (Å²) in [6.45, 7) is 1.00. The van der Waals surface area contributed by atoms with Gasteiger partial charge in [0.15, 0.2) is 0 Å². The van der Waals surface area contributed by atoms with E-state index in [0.717, 1.165) is 22.6 Å². The van der Waals surface area contributed by atoms with Crippen LogP contribution in [-0.2, 0) is 6.61 Å². The van der Waals surface area contributed by atoms with Gasteiger partial charge in [-0.05, 0) is 35.9 Å². The summed E-state index contributed by atoms with van der Waals surface area (Å²) in [7, 11) is 0. The van der Waals surface area contributed by atoms with Crippen LogP contribution in [0.4, 0.5) is 4.39 Å². The van der Waals surface area contributed by atoms with Gasteiger partial charge in [0.1, 0.15) is 30.5 Å². The second-order valence-electron chi connectivity index (χ2n) is 4.33. The van der Waals surface area contributed by atoms with Crippen LogP contribution >= 0.6 is 0 Å². The van der Waals surface area contributed by atoms with Crippen LogP contribution in [0.5, 0.6) is 11.5 Å². The van der Waals surface area contributed by atoms with Crippen molar-refractivity contribution in [1.29, 1.82) is 0 Å². The van der Waals surface area contributed by atoms with Crippen LogP contribution < -0.4 is 9.47 Å². The maximum absolute atomic E-state index is 12.8. The molecule has 2 nitrogen and oxygen atoms in total. The maximum Gasteiger partial charge on any atom is 0.130 e. The molecule has 1 aliphatic rings. The van der Waals surface area contributed by atoms with Crippen molar-refractivity contribution < 1.29 is 13.9 Å². The van der Waals surface area contributed by atoms with E-state index in [9.17, 15) is 4.39 Å². The Bertz CT molecular complexity index is 603. The number of halogens is 1. The van der Waals surface area contributed by atoms with Crippen LogP contribution in [0.25, 0.3) is 6.08 Å². The number of ether oxygens (including phenoxy) is 2. The molecule has 1 aliphatic heterocycles. The Labute approximate surface area is 111 Å². The van der Waals surface area contributed by atoms with E-state index in [0.29, 0.717) is 13.2 Å². The first-order chi connectivity index (χ1) is 9.31. The first-order valence-electron chi connectivity index (χ1n) is 6.12. The van der Waals surface area contributed by atoms with Crippen LogP contribution in [0.3, 0.4) is 0 Å². The molecular weight excluding hydrogens is 243 g/mol. The van der Waals surface area contributed by atoms with Crippen molar-refractivity contribution >= 4 is 6.08 Å². The van der Waals surface area contributed by atoms with E-state index in [2.05, 4.69) is 0 Å². The molecule has 0 amide bonds. The minimum absolute atomic E-state index is 0.238. The van der Waals surface area contributed by atoms with Gasteiger partial charge in [0.05, 0.1) is 0 Å². The summed E-state index contributed by atoms with van der Waals surface area (Å²) in [4.78, 5) is 0. The van der Waals surface area contributed by atoms with Gasteiger partial charge in [0, 0.05) is 11.6 Å². The van der Waals surface area contributed by atoms with Gasteiger partial charge in [-0.3, -0.25) is 0 Å². The lowest BCUT2D eigenvalue weighted by molar-refractivity contribution is 0.301. The van der Waals surface area contributed by atoms with E-state index < -0.39 is 0 Å². The van der Waals surface area contributed by atoms with Gasteiger partial charge in [0.2, 0.25) is 0 Å². The van der Waals surface area contributed by atoms with E-state index in [1.54, 1.807) is 12.1 Å². The first-order valence-corrected chi connectivity index (χ1v) is 6.12. The predicted molar refractivity (Wildman–Crippen MR) is 71.7 cm³/mol. The number of rotatable bonds is 3. The fraction of sp³-hybridized carbons (Fsp3) is 0.125.